The molecule has 3 heterocycles. The third-order valence-corrected chi connectivity index (χ3v) is 6.19. The van der Waals surface area contributed by atoms with Crippen molar-refractivity contribution >= 4 is 24.2 Å². The summed E-state index contributed by atoms with van der Waals surface area (Å²) in [6.07, 6.45) is 6.02. The van der Waals surface area contributed by atoms with Crippen LogP contribution in [0, 0.1) is 17.8 Å². The second-order valence-corrected chi connectivity index (χ2v) is 8.18. The number of amides is 2. The molecule has 1 N–H and O–H groups in total. The van der Waals surface area contributed by atoms with Crippen molar-refractivity contribution in [2.45, 2.75) is 45.2 Å². The number of carbonyl (C=O) groups is 2. The van der Waals surface area contributed by atoms with E-state index in [4.69, 9.17) is 4.42 Å². The Balaban J connectivity index is 0.00000210. The van der Waals surface area contributed by atoms with E-state index in [1.54, 1.807) is 13.2 Å². The Morgan fingerprint density at radius 3 is 2.52 bits per heavy atom. The predicted octanol–water partition coefficient (Wildman–Crippen LogP) is 2.29. The van der Waals surface area contributed by atoms with Gasteiger partial charge in [0.25, 0.3) is 0 Å². The molecule has 1 saturated carbocycles. The van der Waals surface area contributed by atoms with Gasteiger partial charge in [-0.25, -0.2) is 0 Å². The highest BCUT2D eigenvalue weighted by atomic mass is 35.5. The van der Waals surface area contributed by atoms with E-state index in [0.29, 0.717) is 24.3 Å². The van der Waals surface area contributed by atoms with Gasteiger partial charge in [0.05, 0.1) is 18.8 Å². The molecule has 3 aliphatic rings. The van der Waals surface area contributed by atoms with E-state index < -0.39 is 0 Å². The number of furan rings is 1. The zero-order valence-corrected chi connectivity index (χ0v) is 16.7. The van der Waals surface area contributed by atoms with Gasteiger partial charge in [0, 0.05) is 31.8 Å². The minimum atomic E-state index is 0. The lowest BCUT2D eigenvalue weighted by molar-refractivity contribution is -0.136. The summed E-state index contributed by atoms with van der Waals surface area (Å²) >= 11 is 0. The van der Waals surface area contributed by atoms with Crippen molar-refractivity contribution < 1.29 is 14.0 Å². The fourth-order valence-corrected chi connectivity index (χ4v) is 4.64. The van der Waals surface area contributed by atoms with Gasteiger partial charge in [-0.2, -0.15) is 0 Å². The number of hydrogen-bond acceptors (Lipinski definition) is 4. The molecule has 3 fully saturated rings. The Kier molecular flexibility index (Phi) is 6.48. The standard InChI is InChI=1S/C20H29N3O3.ClH/c1-14(24)21-19-13-23(12-18(19)15-4-5-15)20(25)16-6-8-22(9-7-16)11-17-3-2-10-26-17;/h2-3,10,15-16,18-19H,4-9,11-13H2,1H3,(H,21,24);1H/t18-,19+;/m1./s1. The molecule has 0 spiro atoms. The minimum absolute atomic E-state index is 0. The van der Waals surface area contributed by atoms with Gasteiger partial charge in [0.15, 0.2) is 0 Å². The molecule has 6 nitrogen and oxygen atoms in total. The van der Waals surface area contributed by atoms with Gasteiger partial charge in [-0.1, -0.05) is 0 Å². The molecular formula is C20H30ClN3O3. The van der Waals surface area contributed by atoms with Crippen molar-refractivity contribution in [1.29, 1.82) is 0 Å². The highest BCUT2D eigenvalue weighted by molar-refractivity contribution is 5.85. The summed E-state index contributed by atoms with van der Waals surface area (Å²) in [6.45, 7) is 5.78. The highest BCUT2D eigenvalue weighted by Gasteiger charge is 2.45. The fourth-order valence-electron chi connectivity index (χ4n) is 4.64. The Bertz CT molecular complexity index is 639. The van der Waals surface area contributed by atoms with Crippen LogP contribution in [0.2, 0.25) is 0 Å². The van der Waals surface area contributed by atoms with E-state index in [9.17, 15) is 9.59 Å². The zero-order chi connectivity index (χ0) is 18.1. The van der Waals surface area contributed by atoms with Crippen molar-refractivity contribution in [1.82, 2.24) is 15.1 Å². The van der Waals surface area contributed by atoms with E-state index in [2.05, 4.69) is 10.2 Å². The number of carbonyl (C=O) groups excluding carboxylic acids is 2. The third-order valence-electron chi connectivity index (χ3n) is 6.19. The Morgan fingerprint density at radius 1 is 1.19 bits per heavy atom. The number of halogens is 1. The number of hydrogen-bond donors (Lipinski definition) is 1. The second kappa shape index (κ2) is 8.65. The predicted molar refractivity (Wildman–Crippen MR) is 104 cm³/mol. The molecule has 0 aromatic carbocycles. The molecule has 1 aromatic heterocycles. The van der Waals surface area contributed by atoms with Crippen molar-refractivity contribution in [2.75, 3.05) is 26.2 Å². The van der Waals surface area contributed by atoms with Crippen LogP contribution in [0.5, 0.6) is 0 Å². The number of nitrogens with one attached hydrogen (secondary N) is 1. The van der Waals surface area contributed by atoms with Gasteiger partial charge in [0.1, 0.15) is 5.76 Å². The van der Waals surface area contributed by atoms with E-state index in [0.717, 1.165) is 44.8 Å². The summed E-state index contributed by atoms with van der Waals surface area (Å²) in [5.74, 6) is 2.56. The molecule has 0 unspecified atom stereocenters. The average Bonchev–Trinajstić information content (AvgIpc) is 3.18. The van der Waals surface area contributed by atoms with Crippen LogP contribution in [0.3, 0.4) is 0 Å². The lowest BCUT2D eigenvalue weighted by atomic mass is 9.95. The molecule has 0 bridgehead atoms. The van der Waals surface area contributed by atoms with Gasteiger partial charge in [-0.05, 0) is 56.8 Å². The smallest absolute Gasteiger partial charge is 0.225 e. The highest BCUT2D eigenvalue weighted by Crippen LogP contribution is 2.42. The number of piperidine rings is 1. The molecule has 0 radical (unpaired) electrons. The third kappa shape index (κ3) is 4.85. The maximum Gasteiger partial charge on any atom is 0.225 e. The summed E-state index contributed by atoms with van der Waals surface area (Å²) in [4.78, 5) is 28.9. The van der Waals surface area contributed by atoms with E-state index in [-0.39, 0.29) is 30.3 Å². The molecule has 2 saturated heterocycles. The summed E-state index contributed by atoms with van der Waals surface area (Å²) in [6, 6.07) is 4.06. The molecule has 2 aliphatic heterocycles. The van der Waals surface area contributed by atoms with Crippen LogP contribution in [-0.4, -0.2) is 53.8 Å². The lowest BCUT2D eigenvalue weighted by Gasteiger charge is -2.32. The Hall–Kier alpha value is -1.53. The van der Waals surface area contributed by atoms with Gasteiger partial charge in [0.2, 0.25) is 11.8 Å². The van der Waals surface area contributed by atoms with Crippen LogP contribution in [0.25, 0.3) is 0 Å². The summed E-state index contributed by atoms with van der Waals surface area (Å²) in [5, 5.41) is 3.08. The van der Waals surface area contributed by atoms with Gasteiger partial charge in [-0.15, -0.1) is 12.4 Å². The number of likely N-dealkylation sites (tertiary alicyclic amines) is 2. The average molecular weight is 396 g/mol. The quantitative estimate of drug-likeness (QED) is 0.830. The Labute approximate surface area is 167 Å². The molecule has 2 amide bonds. The van der Waals surface area contributed by atoms with Gasteiger partial charge >= 0.3 is 0 Å². The van der Waals surface area contributed by atoms with Crippen molar-refractivity contribution in [3.63, 3.8) is 0 Å². The first-order chi connectivity index (χ1) is 12.6. The maximum absolute atomic E-state index is 13.0. The first kappa shape index (κ1) is 20.2. The van der Waals surface area contributed by atoms with Crippen LogP contribution in [0.1, 0.15) is 38.4 Å². The normalized spacial score (nSPS) is 26.6. The van der Waals surface area contributed by atoms with Crippen molar-refractivity contribution in [3.8, 4) is 0 Å². The first-order valence-corrected chi connectivity index (χ1v) is 9.91. The zero-order valence-electron chi connectivity index (χ0n) is 15.9. The first-order valence-electron chi connectivity index (χ1n) is 9.91. The van der Waals surface area contributed by atoms with E-state index in [1.165, 1.54) is 12.8 Å². The fraction of sp³-hybridized carbons (Fsp3) is 0.700. The van der Waals surface area contributed by atoms with Gasteiger partial charge in [-0.3, -0.25) is 14.5 Å². The number of rotatable bonds is 5. The van der Waals surface area contributed by atoms with Crippen LogP contribution in [-0.2, 0) is 16.1 Å². The molecule has 7 heteroatoms. The molecule has 150 valence electrons. The maximum atomic E-state index is 13.0. The van der Waals surface area contributed by atoms with Crippen LogP contribution < -0.4 is 5.32 Å². The molecular weight excluding hydrogens is 366 g/mol. The molecule has 2 atom stereocenters. The minimum Gasteiger partial charge on any atom is -0.468 e. The van der Waals surface area contributed by atoms with E-state index >= 15 is 0 Å². The van der Waals surface area contributed by atoms with Gasteiger partial charge < -0.3 is 14.6 Å². The van der Waals surface area contributed by atoms with E-state index in [1.807, 2.05) is 17.0 Å². The molecule has 4 rings (SSSR count). The topological polar surface area (TPSA) is 65.8 Å². The largest absolute Gasteiger partial charge is 0.468 e. The number of nitrogens with zero attached hydrogens (tertiary/aromatic N) is 2. The van der Waals surface area contributed by atoms with Crippen LogP contribution in [0.4, 0.5) is 0 Å². The molecule has 1 aromatic rings. The molecule has 27 heavy (non-hydrogen) atoms. The lowest BCUT2D eigenvalue weighted by Crippen LogP contribution is -2.43. The SMILES string of the molecule is CC(=O)N[C@H]1CN(C(=O)C2CCN(Cc3ccco3)CC2)C[C@@H]1C1CC1.Cl. The van der Waals surface area contributed by atoms with Crippen LogP contribution in [0.15, 0.2) is 22.8 Å². The van der Waals surface area contributed by atoms with Crippen molar-refractivity contribution in [2.24, 2.45) is 17.8 Å². The van der Waals surface area contributed by atoms with Crippen molar-refractivity contribution in [3.05, 3.63) is 24.2 Å². The summed E-state index contributed by atoms with van der Waals surface area (Å²) < 4.78 is 5.42. The summed E-state index contributed by atoms with van der Waals surface area (Å²) in [7, 11) is 0. The second-order valence-electron chi connectivity index (χ2n) is 8.18. The molecule has 1 aliphatic carbocycles. The monoisotopic (exact) mass is 395 g/mol. The Morgan fingerprint density at radius 2 is 1.93 bits per heavy atom. The summed E-state index contributed by atoms with van der Waals surface area (Å²) in [5.41, 5.74) is 0. The van der Waals surface area contributed by atoms with Crippen LogP contribution >= 0.6 is 12.4 Å².